The Balaban J connectivity index is 1.65. The maximum absolute atomic E-state index is 13.7. The zero-order valence-corrected chi connectivity index (χ0v) is 24.8. The van der Waals surface area contributed by atoms with E-state index in [1.54, 1.807) is 30.2 Å². The van der Waals surface area contributed by atoms with Gasteiger partial charge in [-0.2, -0.15) is 22.7 Å². The van der Waals surface area contributed by atoms with E-state index in [2.05, 4.69) is 31.3 Å². The molecule has 1 aliphatic rings. The molecule has 4 rings (SSSR count). The van der Waals surface area contributed by atoms with Gasteiger partial charge in [0.15, 0.2) is 0 Å². The van der Waals surface area contributed by atoms with Crippen molar-refractivity contribution in [1.82, 2.24) is 24.1 Å². The summed E-state index contributed by atoms with van der Waals surface area (Å²) in [4.78, 5) is 47.2. The van der Waals surface area contributed by atoms with E-state index in [0.717, 1.165) is 16.6 Å². The van der Waals surface area contributed by atoms with E-state index in [9.17, 15) is 27.6 Å². The predicted molar refractivity (Wildman–Crippen MR) is 149 cm³/mol. The highest BCUT2D eigenvalue weighted by Gasteiger charge is 2.34. The van der Waals surface area contributed by atoms with Gasteiger partial charge in [0.05, 0.1) is 11.3 Å². The topological polar surface area (TPSA) is 114 Å². The lowest BCUT2D eigenvalue weighted by Gasteiger charge is -2.41. The summed E-state index contributed by atoms with van der Waals surface area (Å²) in [6, 6.07) is 3.84. The number of nitrogens with zero attached hydrogens (tertiary/aromatic N) is 6. The standard InChI is InChI=1S/C26H31BrF3N7O4/c1-6-18-20(34-11-12-35(15(2)13-34)24(40)41-25(3,4)5)21(39)37-23(32-22(27)33-37)36(18)14-19(38)31-17-9-7-16(8-10-17)26(28,29)30/h7-10,15H,6,11-14H2,1-5H3,(H,31,38)/t15-/m1/s1. The van der Waals surface area contributed by atoms with Gasteiger partial charge in [-0.1, -0.05) is 6.92 Å². The summed E-state index contributed by atoms with van der Waals surface area (Å²) in [5.74, 6) is -0.399. The Bertz CT molecular complexity index is 1510. The lowest BCUT2D eigenvalue weighted by molar-refractivity contribution is -0.137. The van der Waals surface area contributed by atoms with Crippen molar-refractivity contribution in [2.24, 2.45) is 0 Å². The minimum absolute atomic E-state index is 0.130. The lowest BCUT2D eigenvalue weighted by Crippen LogP contribution is -2.56. The molecule has 11 nitrogen and oxygen atoms in total. The first-order valence-electron chi connectivity index (χ1n) is 13.0. The molecule has 1 atom stereocenters. The van der Waals surface area contributed by atoms with Gasteiger partial charge >= 0.3 is 12.3 Å². The third-order valence-electron chi connectivity index (χ3n) is 6.50. The van der Waals surface area contributed by atoms with E-state index >= 15 is 0 Å². The number of benzene rings is 1. The van der Waals surface area contributed by atoms with Gasteiger partial charge in [0, 0.05) is 31.4 Å². The Labute approximate surface area is 242 Å². The van der Waals surface area contributed by atoms with Gasteiger partial charge in [-0.25, -0.2) is 4.79 Å². The molecular weight excluding hydrogens is 611 g/mol. The predicted octanol–water partition coefficient (Wildman–Crippen LogP) is 4.32. The number of ether oxygens (including phenoxy) is 1. The van der Waals surface area contributed by atoms with Crippen LogP contribution in [0.3, 0.4) is 0 Å². The Hall–Kier alpha value is -3.62. The summed E-state index contributed by atoms with van der Waals surface area (Å²) in [5.41, 5.74) is -0.854. The molecule has 0 aliphatic carbocycles. The number of carbonyl (C=O) groups is 2. The van der Waals surface area contributed by atoms with E-state index in [1.807, 2.05) is 18.7 Å². The van der Waals surface area contributed by atoms with Crippen molar-refractivity contribution >= 4 is 45.1 Å². The molecule has 3 aromatic rings. The summed E-state index contributed by atoms with van der Waals surface area (Å²) in [6.07, 6.45) is -4.57. The van der Waals surface area contributed by atoms with E-state index in [1.165, 1.54) is 12.1 Å². The minimum Gasteiger partial charge on any atom is -0.444 e. The Morgan fingerprint density at radius 2 is 1.80 bits per heavy atom. The van der Waals surface area contributed by atoms with Crippen LogP contribution in [0.2, 0.25) is 0 Å². The smallest absolute Gasteiger partial charge is 0.416 e. The number of rotatable bonds is 5. The molecular formula is C26H31BrF3N7O4. The summed E-state index contributed by atoms with van der Waals surface area (Å²) >= 11 is 3.20. The quantitative estimate of drug-likeness (QED) is 0.441. The minimum atomic E-state index is -4.49. The molecule has 2 aromatic heterocycles. The molecule has 1 fully saturated rings. The number of hydrogen-bond acceptors (Lipinski definition) is 7. The van der Waals surface area contributed by atoms with Crippen LogP contribution in [0.25, 0.3) is 5.78 Å². The van der Waals surface area contributed by atoms with Crippen molar-refractivity contribution < 1.29 is 27.5 Å². The number of alkyl halides is 3. The fourth-order valence-electron chi connectivity index (χ4n) is 4.74. The number of carbonyl (C=O) groups excluding carboxylic acids is 2. The molecule has 0 radical (unpaired) electrons. The number of fused-ring (bicyclic) bond motifs is 1. The maximum Gasteiger partial charge on any atom is 0.416 e. The lowest BCUT2D eigenvalue weighted by atomic mass is 10.1. The molecule has 222 valence electrons. The van der Waals surface area contributed by atoms with Gasteiger partial charge < -0.3 is 24.4 Å². The maximum atomic E-state index is 13.7. The molecule has 0 saturated carbocycles. The van der Waals surface area contributed by atoms with Gasteiger partial charge in [-0.15, -0.1) is 5.10 Å². The molecule has 1 N–H and O–H groups in total. The second-order valence-corrected chi connectivity index (χ2v) is 11.4. The highest BCUT2D eigenvalue weighted by atomic mass is 79.9. The van der Waals surface area contributed by atoms with Crippen LogP contribution in [-0.4, -0.2) is 67.3 Å². The van der Waals surface area contributed by atoms with E-state index in [-0.39, 0.29) is 28.8 Å². The van der Waals surface area contributed by atoms with Gasteiger partial charge in [0.2, 0.25) is 16.4 Å². The zero-order chi connectivity index (χ0) is 30.3. The van der Waals surface area contributed by atoms with Crippen molar-refractivity contribution in [2.75, 3.05) is 29.9 Å². The van der Waals surface area contributed by atoms with Crippen LogP contribution in [0.1, 0.15) is 45.9 Å². The molecule has 41 heavy (non-hydrogen) atoms. The summed E-state index contributed by atoms with van der Waals surface area (Å²) in [6.45, 7) is 9.79. The zero-order valence-electron chi connectivity index (χ0n) is 23.3. The average Bonchev–Trinajstić information content (AvgIpc) is 3.26. The Morgan fingerprint density at radius 3 is 2.37 bits per heavy atom. The van der Waals surface area contributed by atoms with E-state index in [0.29, 0.717) is 37.4 Å². The molecule has 0 bridgehead atoms. The summed E-state index contributed by atoms with van der Waals surface area (Å²) < 4.78 is 47.1. The van der Waals surface area contributed by atoms with E-state index in [4.69, 9.17) is 4.74 Å². The van der Waals surface area contributed by atoms with Crippen LogP contribution in [0.5, 0.6) is 0 Å². The number of anilines is 2. The number of piperazine rings is 1. The van der Waals surface area contributed by atoms with Crippen LogP contribution in [0, 0.1) is 0 Å². The van der Waals surface area contributed by atoms with Crippen molar-refractivity contribution in [3.05, 3.63) is 50.6 Å². The molecule has 15 heteroatoms. The van der Waals surface area contributed by atoms with Crippen LogP contribution >= 0.6 is 15.9 Å². The summed E-state index contributed by atoms with van der Waals surface area (Å²) in [5, 5.41) is 6.77. The van der Waals surface area contributed by atoms with Crippen LogP contribution in [0.4, 0.5) is 29.3 Å². The number of amides is 2. The number of hydrogen-bond donors (Lipinski definition) is 1. The van der Waals surface area contributed by atoms with Gasteiger partial charge in [-0.3, -0.25) is 9.59 Å². The van der Waals surface area contributed by atoms with Crippen LogP contribution in [0.15, 0.2) is 33.8 Å². The molecule has 3 heterocycles. The highest BCUT2D eigenvalue weighted by molar-refractivity contribution is 9.10. The molecule has 1 aliphatic heterocycles. The molecule has 0 spiro atoms. The van der Waals surface area contributed by atoms with Crippen molar-refractivity contribution in [3.8, 4) is 0 Å². The van der Waals surface area contributed by atoms with Gasteiger partial charge in [-0.05, 0) is 74.3 Å². The third-order valence-corrected chi connectivity index (χ3v) is 6.84. The second-order valence-electron chi connectivity index (χ2n) is 10.7. The normalized spacial score (nSPS) is 16.3. The highest BCUT2D eigenvalue weighted by Crippen LogP contribution is 2.30. The fraction of sp³-hybridized carbons (Fsp3) is 0.500. The first-order valence-corrected chi connectivity index (χ1v) is 13.8. The fourth-order valence-corrected chi connectivity index (χ4v) is 5.06. The average molecular weight is 642 g/mol. The first-order chi connectivity index (χ1) is 19.1. The van der Waals surface area contributed by atoms with Gasteiger partial charge in [0.1, 0.15) is 17.8 Å². The largest absolute Gasteiger partial charge is 0.444 e. The number of aromatic nitrogens is 4. The monoisotopic (exact) mass is 641 g/mol. The van der Waals surface area contributed by atoms with Crippen LogP contribution < -0.4 is 15.8 Å². The number of halogens is 4. The Morgan fingerprint density at radius 1 is 1.15 bits per heavy atom. The molecule has 2 amide bonds. The van der Waals surface area contributed by atoms with Crippen molar-refractivity contribution in [1.29, 1.82) is 0 Å². The second kappa shape index (κ2) is 11.3. The van der Waals surface area contributed by atoms with Gasteiger partial charge in [0.25, 0.3) is 5.56 Å². The van der Waals surface area contributed by atoms with Crippen LogP contribution in [-0.2, 0) is 28.7 Å². The molecule has 0 unspecified atom stereocenters. The Kier molecular flexibility index (Phi) is 8.39. The van der Waals surface area contributed by atoms with E-state index < -0.39 is 34.9 Å². The molecule has 1 saturated heterocycles. The third kappa shape index (κ3) is 6.66. The molecule has 1 aromatic carbocycles. The van der Waals surface area contributed by atoms with Crippen molar-refractivity contribution in [3.63, 3.8) is 0 Å². The number of nitrogens with one attached hydrogen (secondary N) is 1. The first kappa shape index (κ1) is 30.3. The van der Waals surface area contributed by atoms with Crippen molar-refractivity contribution in [2.45, 2.75) is 65.4 Å². The summed E-state index contributed by atoms with van der Waals surface area (Å²) in [7, 11) is 0. The SMILES string of the molecule is CCc1c(N2CCN(C(=O)OC(C)(C)C)[C@H](C)C2)c(=O)n2nc(Br)nc2n1CC(=O)Nc1ccc(C(F)(F)F)cc1.